The molecular weight excluding hydrogens is 416 g/mol. The SMILES string of the molecule is CN(C)S(=O)(=O)c1ccc(Cn2nc(-c3ccc(OC(F)F)cc3)ccc2=O)cc1. The van der Waals surface area contributed by atoms with Crippen LogP contribution in [0.2, 0.25) is 0 Å². The number of benzene rings is 2. The van der Waals surface area contributed by atoms with Crippen molar-refractivity contribution < 1.29 is 21.9 Å². The number of hydrogen-bond acceptors (Lipinski definition) is 5. The minimum Gasteiger partial charge on any atom is -0.435 e. The molecule has 0 spiro atoms. The van der Waals surface area contributed by atoms with Gasteiger partial charge in [0.1, 0.15) is 5.75 Å². The van der Waals surface area contributed by atoms with Crippen LogP contribution in [-0.2, 0) is 16.6 Å². The van der Waals surface area contributed by atoms with Crippen molar-refractivity contribution in [1.29, 1.82) is 0 Å². The Hall–Kier alpha value is -3.11. The van der Waals surface area contributed by atoms with Gasteiger partial charge in [0.05, 0.1) is 17.1 Å². The quantitative estimate of drug-likeness (QED) is 0.570. The molecule has 0 radical (unpaired) electrons. The lowest BCUT2D eigenvalue weighted by molar-refractivity contribution is -0.0498. The largest absolute Gasteiger partial charge is 0.435 e. The molecule has 0 saturated heterocycles. The number of sulfonamides is 1. The highest BCUT2D eigenvalue weighted by Crippen LogP contribution is 2.21. The molecule has 0 saturated carbocycles. The number of nitrogens with zero attached hydrogens (tertiary/aromatic N) is 3. The molecule has 0 fully saturated rings. The van der Waals surface area contributed by atoms with Crippen LogP contribution in [0.1, 0.15) is 5.56 Å². The summed E-state index contributed by atoms with van der Waals surface area (Å²) in [6, 6.07) is 15.0. The number of aromatic nitrogens is 2. The van der Waals surface area contributed by atoms with Gasteiger partial charge in [-0.25, -0.2) is 17.4 Å². The summed E-state index contributed by atoms with van der Waals surface area (Å²) in [5, 5.41) is 4.32. The molecule has 30 heavy (non-hydrogen) atoms. The Morgan fingerprint density at radius 2 is 1.63 bits per heavy atom. The van der Waals surface area contributed by atoms with E-state index in [4.69, 9.17) is 0 Å². The van der Waals surface area contributed by atoms with Crippen LogP contribution in [0.4, 0.5) is 8.78 Å². The predicted molar refractivity (Wildman–Crippen MR) is 107 cm³/mol. The maximum Gasteiger partial charge on any atom is 0.387 e. The number of hydrogen-bond donors (Lipinski definition) is 0. The Labute approximate surface area is 172 Å². The second-order valence-electron chi connectivity index (χ2n) is 6.55. The molecular formula is C20H19F2N3O4S. The van der Waals surface area contributed by atoms with E-state index in [1.165, 1.54) is 55.2 Å². The Morgan fingerprint density at radius 3 is 2.20 bits per heavy atom. The average Bonchev–Trinajstić information content (AvgIpc) is 2.70. The zero-order valence-corrected chi connectivity index (χ0v) is 17.0. The summed E-state index contributed by atoms with van der Waals surface area (Å²) in [5.41, 5.74) is 1.46. The molecule has 7 nitrogen and oxygen atoms in total. The first kappa shape index (κ1) is 21.6. The van der Waals surface area contributed by atoms with Gasteiger partial charge in [-0.2, -0.15) is 13.9 Å². The maximum atomic E-state index is 12.3. The first-order valence-electron chi connectivity index (χ1n) is 8.82. The zero-order valence-electron chi connectivity index (χ0n) is 16.2. The Morgan fingerprint density at radius 1 is 1.00 bits per heavy atom. The van der Waals surface area contributed by atoms with Gasteiger partial charge in [0.2, 0.25) is 10.0 Å². The van der Waals surface area contributed by atoms with Crippen molar-refractivity contribution in [3.8, 4) is 17.0 Å². The molecule has 158 valence electrons. The van der Waals surface area contributed by atoms with E-state index in [0.29, 0.717) is 16.8 Å². The zero-order chi connectivity index (χ0) is 21.9. The Bertz CT molecular complexity index is 1180. The lowest BCUT2D eigenvalue weighted by atomic mass is 10.1. The van der Waals surface area contributed by atoms with Gasteiger partial charge in [-0.3, -0.25) is 4.79 Å². The minimum absolute atomic E-state index is 0.0230. The van der Waals surface area contributed by atoms with Crippen molar-refractivity contribution in [2.24, 2.45) is 0 Å². The van der Waals surface area contributed by atoms with E-state index in [9.17, 15) is 22.0 Å². The Kier molecular flexibility index (Phi) is 6.28. The van der Waals surface area contributed by atoms with E-state index in [-0.39, 0.29) is 22.7 Å². The summed E-state index contributed by atoms with van der Waals surface area (Å²) in [7, 11) is -0.639. The van der Waals surface area contributed by atoms with Crippen LogP contribution in [0.3, 0.4) is 0 Å². The molecule has 0 N–H and O–H groups in total. The molecule has 0 aliphatic heterocycles. The maximum absolute atomic E-state index is 12.3. The van der Waals surface area contributed by atoms with Gasteiger partial charge in [-0.05, 0) is 48.0 Å². The normalized spacial score (nSPS) is 11.8. The molecule has 3 rings (SSSR count). The highest BCUT2D eigenvalue weighted by molar-refractivity contribution is 7.89. The molecule has 0 atom stereocenters. The van der Waals surface area contributed by atoms with Crippen molar-refractivity contribution in [3.05, 3.63) is 76.6 Å². The van der Waals surface area contributed by atoms with E-state index < -0.39 is 16.6 Å². The molecule has 3 aromatic rings. The van der Waals surface area contributed by atoms with E-state index >= 15 is 0 Å². The number of ether oxygens (including phenoxy) is 1. The van der Waals surface area contributed by atoms with Crippen LogP contribution < -0.4 is 10.3 Å². The summed E-state index contributed by atoms with van der Waals surface area (Å²) in [6.07, 6.45) is 0. The lowest BCUT2D eigenvalue weighted by Crippen LogP contribution is -2.23. The fraction of sp³-hybridized carbons (Fsp3) is 0.200. The van der Waals surface area contributed by atoms with Gasteiger partial charge in [-0.1, -0.05) is 12.1 Å². The number of halogens is 2. The summed E-state index contributed by atoms with van der Waals surface area (Å²) in [5.74, 6) is 0.0230. The van der Waals surface area contributed by atoms with Crippen molar-refractivity contribution in [1.82, 2.24) is 14.1 Å². The third-order valence-electron chi connectivity index (χ3n) is 4.28. The van der Waals surface area contributed by atoms with Gasteiger partial charge < -0.3 is 4.74 Å². The van der Waals surface area contributed by atoms with Crippen LogP contribution in [0.15, 0.2) is 70.4 Å². The van der Waals surface area contributed by atoms with Crippen LogP contribution in [0.25, 0.3) is 11.3 Å². The molecule has 10 heteroatoms. The summed E-state index contributed by atoms with van der Waals surface area (Å²) in [4.78, 5) is 12.3. The minimum atomic E-state index is -3.54. The van der Waals surface area contributed by atoms with E-state index in [0.717, 1.165) is 4.31 Å². The fourth-order valence-electron chi connectivity index (χ4n) is 2.67. The van der Waals surface area contributed by atoms with Gasteiger partial charge in [0, 0.05) is 25.7 Å². The molecule has 1 aromatic heterocycles. The third kappa shape index (κ3) is 4.89. The van der Waals surface area contributed by atoms with Crippen molar-refractivity contribution >= 4 is 10.0 Å². The van der Waals surface area contributed by atoms with Crippen LogP contribution in [0.5, 0.6) is 5.75 Å². The highest BCUT2D eigenvalue weighted by atomic mass is 32.2. The van der Waals surface area contributed by atoms with Crippen LogP contribution >= 0.6 is 0 Å². The smallest absolute Gasteiger partial charge is 0.387 e. The molecule has 0 amide bonds. The first-order chi connectivity index (χ1) is 14.2. The summed E-state index contributed by atoms with van der Waals surface area (Å²) < 4.78 is 55.5. The molecule has 2 aromatic carbocycles. The van der Waals surface area contributed by atoms with Gasteiger partial charge in [0.15, 0.2) is 0 Å². The highest BCUT2D eigenvalue weighted by Gasteiger charge is 2.16. The Balaban J connectivity index is 1.83. The molecule has 0 aliphatic rings. The number of rotatable bonds is 7. The van der Waals surface area contributed by atoms with E-state index in [1.807, 2.05) is 0 Å². The second-order valence-corrected chi connectivity index (χ2v) is 8.70. The molecule has 0 bridgehead atoms. The first-order valence-corrected chi connectivity index (χ1v) is 10.3. The predicted octanol–water partition coefficient (Wildman–Crippen LogP) is 2.81. The van der Waals surface area contributed by atoms with Crippen molar-refractivity contribution in [2.45, 2.75) is 18.1 Å². The van der Waals surface area contributed by atoms with Crippen LogP contribution in [0, 0.1) is 0 Å². The second kappa shape index (κ2) is 8.72. The number of alkyl halides is 2. The van der Waals surface area contributed by atoms with E-state index in [1.54, 1.807) is 24.3 Å². The lowest BCUT2D eigenvalue weighted by Gasteiger charge is -2.12. The van der Waals surface area contributed by atoms with Gasteiger partial charge in [-0.15, -0.1) is 0 Å². The summed E-state index contributed by atoms with van der Waals surface area (Å²) >= 11 is 0. The molecule has 0 aliphatic carbocycles. The van der Waals surface area contributed by atoms with Crippen molar-refractivity contribution in [2.75, 3.05) is 14.1 Å². The average molecular weight is 435 g/mol. The van der Waals surface area contributed by atoms with Gasteiger partial charge >= 0.3 is 6.61 Å². The van der Waals surface area contributed by atoms with E-state index in [2.05, 4.69) is 9.84 Å². The fourth-order valence-corrected chi connectivity index (χ4v) is 3.58. The molecule has 0 unspecified atom stereocenters. The third-order valence-corrected chi connectivity index (χ3v) is 6.11. The topological polar surface area (TPSA) is 81.5 Å². The standard InChI is InChI=1S/C20H19F2N3O4S/c1-24(2)30(27,28)17-9-3-14(4-10-17)13-25-19(26)12-11-18(23-25)15-5-7-16(8-6-15)29-20(21)22/h3-12,20H,13H2,1-2H3. The van der Waals surface area contributed by atoms with Crippen molar-refractivity contribution in [3.63, 3.8) is 0 Å². The van der Waals surface area contributed by atoms with Crippen LogP contribution in [-0.4, -0.2) is 43.2 Å². The monoisotopic (exact) mass is 435 g/mol. The molecule has 1 heterocycles. The summed E-state index contributed by atoms with van der Waals surface area (Å²) in [6.45, 7) is -2.77. The van der Waals surface area contributed by atoms with Gasteiger partial charge in [0.25, 0.3) is 5.56 Å².